The number of anilines is 3. The average molecular weight is 428 g/mol. The zero-order chi connectivity index (χ0) is 22.8. The summed E-state index contributed by atoms with van der Waals surface area (Å²) in [6.45, 7) is 5.71. The van der Waals surface area contributed by atoms with E-state index in [4.69, 9.17) is 4.74 Å². The average Bonchev–Trinajstić information content (AvgIpc) is 2.69. The van der Waals surface area contributed by atoms with E-state index in [-0.39, 0.29) is 17.2 Å². The monoisotopic (exact) mass is 427 g/mol. The fraction of sp³-hybridized carbons (Fsp3) is 0.111. The maximum Gasteiger partial charge on any atom is 0.130 e. The van der Waals surface area contributed by atoms with Gasteiger partial charge >= 0.3 is 0 Å². The van der Waals surface area contributed by atoms with Crippen LogP contribution in [0, 0.1) is 20.8 Å². The first-order valence-electron chi connectivity index (χ1n) is 10.3. The van der Waals surface area contributed by atoms with Crippen LogP contribution < -0.4 is 9.64 Å². The molecule has 4 rings (SSSR count). The van der Waals surface area contributed by atoms with Gasteiger partial charge in [0.25, 0.3) is 0 Å². The Morgan fingerprint density at radius 3 is 1.78 bits per heavy atom. The van der Waals surface area contributed by atoms with Crippen LogP contribution in [-0.4, -0.2) is 15.3 Å². The van der Waals surface area contributed by atoms with Gasteiger partial charge in [0, 0.05) is 23.9 Å². The number of nitrogens with zero attached hydrogens (tertiary/aromatic N) is 1. The third kappa shape index (κ3) is 4.62. The Morgan fingerprint density at radius 2 is 1.22 bits per heavy atom. The van der Waals surface area contributed by atoms with Gasteiger partial charge in [-0.1, -0.05) is 6.07 Å². The van der Waals surface area contributed by atoms with Gasteiger partial charge in [0.05, 0.1) is 11.4 Å². The molecule has 0 fully saturated rings. The standard InChI is InChI=1S/C27H25NO4/c1-17-9-21(14-24(30)11-17)28(22-10-18(2)12-25(31)15-22)20-5-4-6-26(16-20)32-27-8-7-23(29)13-19(27)3/h4-16,29-31H,1-3H3. The van der Waals surface area contributed by atoms with Crippen LogP contribution >= 0.6 is 0 Å². The van der Waals surface area contributed by atoms with Crippen molar-refractivity contribution in [2.75, 3.05) is 4.90 Å². The molecule has 0 amide bonds. The van der Waals surface area contributed by atoms with Gasteiger partial charge in [0.15, 0.2) is 0 Å². The van der Waals surface area contributed by atoms with E-state index in [0.717, 1.165) is 33.8 Å². The predicted molar refractivity (Wildman–Crippen MR) is 127 cm³/mol. The molecule has 0 aliphatic rings. The topological polar surface area (TPSA) is 73.2 Å². The Balaban J connectivity index is 1.81. The first kappa shape index (κ1) is 21.1. The van der Waals surface area contributed by atoms with Gasteiger partial charge in [-0.15, -0.1) is 0 Å². The van der Waals surface area contributed by atoms with Crippen LogP contribution in [0.15, 0.2) is 78.9 Å². The molecule has 0 aliphatic carbocycles. The molecule has 0 aromatic heterocycles. The van der Waals surface area contributed by atoms with E-state index in [9.17, 15) is 15.3 Å². The van der Waals surface area contributed by atoms with Crippen molar-refractivity contribution in [1.29, 1.82) is 0 Å². The Bertz CT molecular complexity index is 1190. The van der Waals surface area contributed by atoms with Gasteiger partial charge in [-0.3, -0.25) is 0 Å². The largest absolute Gasteiger partial charge is 0.508 e. The lowest BCUT2D eigenvalue weighted by atomic mass is 10.1. The fourth-order valence-corrected chi connectivity index (χ4v) is 3.75. The van der Waals surface area contributed by atoms with Crippen LogP contribution in [0.2, 0.25) is 0 Å². The molecule has 0 saturated heterocycles. The number of benzene rings is 4. The first-order chi connectivity index (χ1) is 15.3. The Kier molecular flexibility index (Phi) is 5.65. The highest BCUT2D eigenvalue weighted by atomic mass is 16.5. The van der Waals surface area contributed by atoms with Crippen LogP contribution in [0.4, 0.5) is 17.1 Å². The van der Waals surface area contributed by atoms with Gasteiger partial charge in [0.2, 0.25) is 0 Å². The van der Waals surface area contributed by atoms with Gasteiger partial charge in [-0.25, -0.2) is 0 Å². The Labute approximate surface area is 187 Å². The fourth-order valence-electron chi connectivity index (χ4n) is 3.75. The second kappa shape index (κ2) is 8.55. The Morgan fingerprint density at radius 1 is 0.594 bits per heavy atom. The van der Waals surface area contributed by atoms with Gasteiger partial charge < -0.3 is 25.0 Å². The van der Waals surface area contributed by atoms with E-state index < -0.39 is 0 Å². The molecule has 0 bridgehead atoms. The summed E-state index contributed by atoms with van der Waals surface area (Å²) < 4.78 is 6.09. The van der Waals surface area contributed by atoms with E-state index in [0.29, 0.717) is 11.5 Å². The third-order valence-electron chi connectivity index (χ3n) is 5.07. The number of phenols is 3. The van der Waals surface area contributed by atoms with E-state index >= 15 is 0 Å². The smallest absolute Gasteiger partial charge is 0.130 e. The summed E-state index contributed by atoms with van der Waals surface area (Å²) in [4.78, 5) is 1.95. The molecule has 32 heavy (non-hydrogen) atoms. The van der Waals surface area contributed by atoms with Crippen molar-refractivity contribution in [3.8, 4) is 28.7 Å². The zero-order valence-corrected chi connectivity index (χ0v) is 18.2. The second-order valence-electron chi connectivity index (χ2n) is 7.94. The molecule has 3 N–H and O–H groups in total. The lowest BCUT2D eigenvalue weighted by molar-refractivity contribution is 0.461. The summed E-state index contributed by atoms with van der Waals surface area (Å²) in [5.74, 6) is 1.78. The quantitative estimate of drug-likeness (QED) is 0.320. The van der Waals surface area contributed by atoms with Gasteiger partial charge in [0.1, 0.15) is 28.7 Å². The van der Waals surface area contributed by atoms with Crippen LogP contribution in [0.1, 0.15) is 16.7 Å². The van der Waals surface area contributed by atoms with Crippen molar-refractivity contribution in [2.24, 2.45) is 0 Å². The normalized spacial score (nSPS) is 10.7. The number of hydrogen-bond acceptors (Lipinski definition) is 5. The highest BCUT2D eigenvalue weighted by Gasteiger charge is 2.16. The van der Waals surface area contributed by atoms with Crippen molar-refractivity contribution in [3.63, 3.8) is 0 Å². The van der Waals surface area contributed by atoms with Crippen molar-refractivity contribution >= 4 is 17.1 Å². The molecule has 0 heterocycles. The van der Waals surface area contributed by atoms with Crippen LogP contribution in [0.25, 0.3) is 0 Å². The minimum Gasteiger partial charge on any atom is -0.508 e. The lowest BCUT2D eigenvalue weighted by Gasteiger charge is -2.27. The summed E-state index contributed by atoms with van der Waals surface area (Å²) >= 11 is 0. The van der Waals surface area contributed by atoms with E-state index in [2.05, 4.69) is 0 Å². The highest BCUT2D eigenvalue weighted by molar-refractivity contribution is 5.79. The lowest BCUT2D eigenvalue weighted by Crippen LogP contribution is -2.10. The molecule has 0 aliphatic heterocycles. The summed E-state index contributed by atoms with van der Waals surface area (Å²) in [6.07, 6.45) is 0. The first-order valence-corrected chi connectivity index (χ1v) is 10.3. The molecule has 4 aromatic carbocycles. The maximum atomic E-state index is 10.2. The summed E-state index contributed by atoms with van der Waals surface area (Å²) in [7, 11) is 0. The van der Waals surface area contributed by atoms with E-state index in [1.807, 2.05) is 62.1 Å². The van der Waals surface area contributed by atoms with E-state index in [1.54, 1.807) is 42.5 Å². The molecule has 0 radical (unpaired) electrons. The molecule has 0 saturated carbocycles. The Hall–Kier alpha value is -4.12. The molecule has 162 valence electrons. The van der Waals surface area contributed by atoms with Crippen LogP contribution in [-0.2, 0) is 0 Å². The number of ether oxygens (including phenoxy) is 1. The van der Waals surface area contributed by atoms with Crippen LogP contribution in [0.5, 0.6) is 28.7 Å². The van der Waals surface area contributed by atoms with Crippen molar-refractivity contribution < 1.29 is 20.1 Å². The van der Waals surface area contributed by atoms with Crippen molar-refractivity contribution in [1.82, 2.24) is 0 Å². The van der Waals surface area contributed by atoms with Crippen molar-refractivity contribution in [2.45, 2.75) is 20.8 Å². The number of aromatic hydroxyl groups is 3. The molecule has 5 nitrogen and oxygen atoms in total. The molecule has 4 aromatic rings. The summed E-state index contributed by atoms with van der Waals surface area (Å²) in [5, 5.41) is 30.1. The molecule has 5 heteroatoms. The second-order valence-corrected chi connectivity index (χ2v) is 7.94. The molecule has 0 spiro atoms. The summed E-state index contributed by atoms with van der Waals surface area (Å²) in [5.41, 5.74) is 4.95. The summed E-state index contributed by atoms with van der Waals surface area (Å²) in [6, 6.07) is 23.2. The van der Waals surface area contributed by atoms with Gasteiger partial charge in [-0.05, 0) is 92.1 Å². The molecular weight excluding hydrogens is 402 g/mol. The third-order valence-corrected chi connectivity index (χ3v) is 5.07. The van der Waals surface area contributed by atoms with Crippen molar-refractivity contribution in [3.05, 3.63) is 95.6 Å². The predicted octanol–water partition coefficient (Wildman–Crippen LogP) is 6.99. The number of phenolic OH excluding ortho intramolecular Hbond substituents is 3. The maximum absolute atomic E-state index is 10.2. The SMILES string of the molecule is Cc1cc(O)cc(N(c2cc(C)cc(O)c2)c2cccc(Oc3ccc(O)cc3C)c2)c1. The molecular formula is C27H25NO4. The number of aryl methyl sites for hydroxylation is 3. The van der Waals surface area contributed by atoms with E-state index in [1.165, 1.54) is 0 Å². The van der Waals surface area contributed by atoms with Gasteiger partial charge in [-0.2, -0.15) is 0 Å². The van der Waals surface area contributed by atoms with Crippen LogP contribution in [0.3, 0.4) is 0 Å². The number of rotatable bonds is 5. The zero-order valence-electron chi connectivity index (χ0n) is 18.2. The number of hydrogen-bond donors (Lipinski definition) is 3. The minimum atomic E-state index is 0.161. The minimum absolute atomic E-state index is 0.161. The molecule has 0 atom stereocenters. The highest BCUT2D eigenvalue weighted by Crippen LogP contribution is 2.40. The molecule has 0 unspecified atom stereocenters.